The zero-order valence-electron chi connectivity index (χ0n) is 14.9. The smallest absolute Gasteiger partial charge is 0.305 e. The first-order valence-corrected chi connectivity index (χ1v) is 10.6. The van der Waals surface area contributed by atoms with Crippen molar-refractivity contribution in [1.82, 2.24) is 0 Å². The fourth-order valence-electron chi connectivity index (χ4n) is 2.68. The van der Waals surface area contributed by atoms with Crippen LogP contribution >= 0.6 is 15.9 Å². The highest BCUT2D eigenvalue weighted by atomic mass is 79.9. The number of hydrogen-bond acceptors (Lipinski definition) is 2. The molecule has 0 aliphatic heterocycles. The average molecular weight is 377 g/mol. The summed E-state index contributed by atoms with van der Waals surface area (Å²) in [5.74, 6) is 0.571. The van der Waals surface area contributed by atoms with Gasteiger partial charge in [0, 0.05) is 11.8 Å². The van der Waals surface area contributed by atoms with E-state index in [-0.39, 0.29) is 5.97 Å². The van der Waals surface area contributed by atoms with Gasteiger partial charge in [0.2, 0.25) is 0 Å². The Morgan fingerprint density at radius 3 is 1.95 bits per heavy atom. The number of hydrogen-bond donors (Lipinski definition) is 0. The van der Waals surface area contributed by atoms with Crippen LogP contribution in [0.25, 0.3) is 0 Å². The molecule has 0 amide bonds. The van der Waals surface area contributed by atoms with E-state index in [0.29, 0.717) is 18.9 Å². The molecule has 0 atom stereocenters. The second-order valence-corrected chi connectivity index (χ2v) is 7.19. The van der Waals surface area contributed by atoms with Gasteiger partial charge in [0.1, 0.15) is 0 Å². The molecule has 0 rings (SSSR count). The summed E-state index contributed by atoms with van der Waals surface area (Å²) in [6.07, 6.45) is 15.4. The van der Waals surface area contributed by atoms with E-state index in [1.807, 2.05) is 0 Å². The molecule has 0 aromatic heterocycles. The molecule has 0 aromatic rings. The van der Waals surface area contributed by atoms with Gasteiger partial charge >= 0.3 is 5.97 Å². The zero-order valence-corrected chi connectivity index (χ0v) is 16.5. The number of alkyl halides is 1. The number of carbonyl (C=O) groups excluding carboxylic acids is 1. The largest absolute Gasteiger partial charge is 0.465 e. The van der Waals surface area contributed by atoms with Gasteiger partial charge in [-0.2, -0.15) is 0 Å². The molecule has 0 aliphatic carbocycles. The highest BCUT2D eigenvalue weighted by Gasteiger charge is 2.12. The summed E-state index contributed by atoms with van der Waals surface area (Å²) < 4.78 is 5.51. The van der Waals surface area contributed by atoms with Crippen LogP contribution in [0.5, 0.6) is 0 Å². The van der Waals surface area contributed by atoms with Crippen molar-refractivity contribution >= 4 is 21.9 Å². The van der Waals surface area contributed by atoms with Crippen molar-refractivity contribution in [1.29, 1.82) is 0 Å². The standard InChI is InChI=1S/C19H37BrO2/c1-3-5-7-9-13-18(14-10-8-6-4-2)17-22-19(21)15-11-12-16-20/h18H,3-17H2,1-2H3. The lowest BCUT2D eigenvalue weighted by molar-refractivity contribution is -0.145. The average Bonchev–Trinajstić information content (AvgIpc) is 2.52. The lowest BCUT2D eigenvalue weighted by Gasteiger charge is -2.17. The maximum Gasteiger partial charge on any atom is 0.305 e. The number of unbranched alkanes of at least 4 members (excludes halogenated alkanes) is 7. The SMILES string of the molecule is CCCCCCC(CCCCCC)COC(=O)CCCCBr. The van der Waals surface area contributed by atoms with Gasteiger partial charge in [-0.3, -0.25) is 4.79 Å². The predicted molar refractivity (Wildman–Crippen MR) is 99.6 cm³/mol. The highest BCUT2D eigenvalue weighted by molar-refractivity contribution is 9.09. The maximum atomic E-state index is 11.7. The van der Waals surface area contributed by atoms with Crippen molar-refractivity contribution in [3.8, 4) is 0 Å². The van der Waals surface area contributed by atoms with E-state index in [0.717, 1.165) is 18.2 Å². The second kappa shape index (κ2) is 17.3. The van der Waals surface area contributed by atoms with Gasteiger partial charge < -0.3 is 4.74 Å². The van der Waals surface area contributed by atoms with Gasteiger partial charge in [0.05, 0.1) is 6.61 Å². The van der Waals surface area contributed by atoms with Gasteiger partial charge in [-0.25, -0.2) is 0 Å². The highest BCUT2D eigenvalue weighted by Crippen LogP contribution is 2.19. The van der Waals surface area contributed by atoms with Crippen molar-refractivity contribution in [2.45, 2.75) is 97.3 Å². The lowest BCUT2D eigenvalue weighted by atomic mass is 9.95. The van der Waals surface area contributed by atoms with Crippen molar-refractivity contribution < 1.29 is 9.53 Å². The third kappa shape index (κ3) is 14.9. The Morgan fingerprint density at radius 2 is 1.45 bits per heavy atom. The topological polar surface area (TPSA) is 26.3 Å². The number of esters is 1. The van der Waals surface area contributed by atoms with E-state index in [9.17, 15) is 4.79 Å². The minimum atomic E-state index is -0.00642. The Labute approximate surface area is 146 Å². The van der Waals surface area contributed by atoms with Crippen LogP contribution < -0.4 is 0 Å². The van der Waals surface area contributed by atoms with Crippen LogP contribution in [0.3, 0.4) is 0 Å². The van der Waals surface area contributed by atoms with Crippen molar-refractivity contribution in [2.75, 3.05) is 11.9 Å². The summed E-state index contributed by atoms with van der Waals surface area (Å²) in [7, 11) is 0. The molecule has 0 N–H and O–H groups in total. The van der Waals surface area contributed by atoms with E-state index in [2.05, 4.69) is 29.8 Å². The molecule has 3 heteroatoms. The molecule has 0 fully saturated rings. The second-order valence-electron chi connectivity index (χ2n) is 6.39. The van der Waals surface area contributed by atoms with Gasteiger partial charge in [-0.15, -0.1) is 0 Å². The van der Waals surface area contributed by atoms with E-state index in [1.54, 1.807) is 0 Å². The molecule has 0 spiro atoms. The third-order valence-corrected chi connectivity index (χ3v) is 4.74. The molecule has 0 aliphatic rings. The minimum absolute atomic E-state index is 0.00642. The van der Waals surface area contributed by atoms with Gasteiger partial charge in [-0.05, 0) is 31.6 Å². The zero-order chi connectivity index (χ0) is 16.5. The Kier molecular flexibility index (Phi) is 17.3. The summed E-state index contributed by atoms with van der Waals surface area (Å²) in [4.78, 5) is 11.7. The van der Waals surface area contributed by atoms with Crippen molar-refractivity contribution in [3.63, 3.8) is 0 Å². The van der Waals surface area contributed by atoms with Gasteiger partial charge in [-0.1, -0.05) is 81.1 Å². The fourth-order valence-corrected chi connectivity index (χ4v) is 3.07. The Bertz CT molecular complexity index is 232. The monoisotopic (exact) mass is 376 g/mol. The molecule has 0 unspecified atom stereocenters. The molecule has 0 heterocycles. The molecule has 132 valence electrons. The van der Waals surface area contributed by atoms with E-state index >= 15 is 0 Å². The molecular weight excluding hydrogens is 340 g/mol. The van der Waals surface area contributed by atoms with Crippen LogP contribution in [0.2, 0.25) is 0 Å². The molecule has 0 saturated heterocycles. The molecule has 0 aromatic carbocycles. The number of ether oxygens (including phenoxy) is 1. The molecule has 22 heavy (non-hydrogen) atoms. The summed E-state index contributed by atoms with van der Waals surface area (Å²) >= 11 is 3.39. The van der Waals surface area contributed by atoms with Crippen LogP contribution in [-0.2, 0) is 9.53 Å². The first-order chi connectivity index (χ1) is 10.7. The minimum Gasteiger partial charge on any atom is -0.465 e. The van der Waals surface area contributed by atoms with Crippen LogP contribution in [-0.4, -0.2) is 17.9 Å². The van der Waals surface area contributed by atoms with E-state index < -0.39 is 0 Å². The molecule has 0 saturated carbocycles. The number of halogens is 1. The lowest BCUT2D eigenvalue weighted by Crippen LogP contribution is -2.14. The normalized spacial score (nSPS) is 11.1. The van der Waals surface area contributed by atoms with E-state index in [4.69, 9.17) is 4.74 Å². The first kappa shape index (κ1) is 21.9. The van der Waals surface area contributed by atoms with Crippen molar-refractivity contribution in [3.05, 3.63) is 0 Å². The summed E-state index contributed by atoms with van der Waals surface area (Å²) in [5, 5.41) is 0.970. The molecule has 0 bridgehead atoms. The maximum absolute atomic E-state index is 11.7. The van der Waals surface area contributed by atoms with Crippen LogP contribution in [0, 0.1) is 5.92 Å². The first-order valence-electron chi connectivity index (χ1n) is 9.46. The van der Waals surface area contributed by atoms with Gasteiger partial charge in [0.15, 0.2) is 0 Å². The quantitative estimate of drug-likeness (QED) is 0.171. The summed E-state index contributed by atoms with van der Waals surface area (Å²) in [5.41, 5.74) is 0. The Hall–Kier alpha value is -0.0500. The number of carbonyl (C=O) groups is 1. The van der Waals surface area contributed by atoms with Crippen molar-refractivity contribution in [2.24, 2.45) is 5.92 Å². The van der Waals surface area contributed by atoms with Gasteiger partial charge in [0.25, 0.3) is 0 Å². The predicted octanol–water partition coefficient (Wildman–Crippen LogP) is 6.65. The van der Waals surface area contributed by atoms with Crippen LogP contribution in [0.1, 0.15) is 97.3 Å². The molecular formula is C19H37BrO2. The van der Waals surface area contributed by atoms with Crippen LogP contribution in [0.15, 0.2) is 0 Å². The summed E-state index contributed by atoms with van der Waals surface area (Å²) in [6.45, 7) is 5.14. The van der Waals surface area contributed by atoms with Crippen LogP contribution in [0.4, 0.5) is 0 Å². The fraction of sp³-hybridized carbons (Fsp3) is 0.947. The third-order valence-electron chi connectivity index (χ3n) is 4.18. The molecule has 2 nitrogen and oxygen atoms in total. The Morgan fingerprint density at radius 1 is 0.864 bits per heavy atom. The molecule has 0 radical (unpaired) electrons. The number of rotatable bonds is 16. The Balaban J connectivity index is 3.90. The summed E-state index contributed by atoms with van der Waals surface area (Å²) in [6, 6.07) is 0. The van der Waals surface area contributed by atoms with E-state index in [1.165, 1.54) is 64.2 Å².